The molecular weight excluding hydrogens is 241 g/mol. The number of halogens is 1. The van der Waals surface area contributed by atoms with Crippen LogP contribution < -0.4 is 5.73 Å². The number of rotatable bonds is 3. The Balaban J connectivity index is 2.98. The molecule has 0 aliphatic carbocycles. The maximum atomic E-state index is 13.5. The Bertz CT molecular complexity index is 504. The second-order valence-corrected chi connectivity index (χ2v) is 7.40. The molecular formula is C12H18FNO2S. The van der Waals surface area contributed by atoms with Crippen molar-refractivity contribution in [2.24, 2.45) is 5.41 Å². The molecule has 0 unspecified atom stereocenters. The highest BCUT2D eigenvalue weighted by molar-refractivity contribution is 7.91. The van der Waals surface area contributed by atoms with Crippen LogP contribution in [0.3, 0.4) is 0 Å². The van der Waals surface area contributed by atoms with E-state index in [9.17, 15) is 12.8 Å². The van der Waals surface area contributed by atoms with Gasteiger partial charge in [0.2, 0.25) is 0 Å². The topological polar surface area (TPSA) is 60.2 Å². The average molecular weight is 259 g/mol. The van der Waals surface area contributed by atoms with Gasteiger partial charge in [-0.3, -0.25) is 0 Å². The van der Waals surface area contributed by atoms with Crippen LogP contribution in [-0.4, -0.2) is 14.2 Å². The van der Waals surface area contributed by atoms with E-state index < -0.39 is 15.7 Å². The standard InChI is InChI=1S/C12H18FNO2S/c1-12(2,3)6-7-17(15,16)11-5-4-9(14)8-10(11)13/h4-5,8H,6-7,14H2,1-3H3. The number of anilines is 1. The number of benzene rings is 1. The van der Waals surface area contributed by atoms with Gasteiger partial charge in [0.15, 0.2) is 9.84 Å². The normalized spacial score (nSPS) is 12.7. The first-order chi connectivity index (χ1) is 7.62. The van der Waals surface area contributed by atoms with Gasteiger partial charge in [-0.1, -0.05) is 20.8 Å². The van der Waals surface area contributed by atoms with Crippen molar-refractivity contribution in [3.63, 3.8) is 0 Å². The molecule has 0 aromatic heterocycles. The fraction of sp³-hybridized carbons (Fsp3) is 0.500. The molecule has 0 radical (unpaired) electrons. The minimum absolute atomic E-state index is 0.0582. The minimum Gasteiger partial charge on any atom is -0.399 e. The van der Waals surface area contributed by atoms with Gasteiger partial charge >= 0.3 is 0 Å². The summed E-state index contributed by atoms with van der Waals surface area (Å²) in [6.45, 7) is 5.84. The molecule has 1 rings (SSSR count). The highest BCUT2D eigenvalue weighted by Crippen LogP contribution is 2.24. The lowest BCUT2D eigenvalue weighted by Crippen LogP contribution is -2.16. The molecule has 0 heterocycles. The van der Waals surface area contributed by atoms with E-state index in [0.29, 0.717) is 6.42 Å². The first-order valence-corrected chi connectivity index (χ1v) is 7.05. The summed E-state index contributed by atoms with van der Waals surface area (Å²) in [6.07, 6.45) is 0.485. The number of nitrogen functional groups attached to an aromatic ring is 1. The fourth-order valence-corrected chi connectivity index (χ4v) is 3.05. The maximum Gasteiger partial charge on any atom is 0.181 e. The molecule has 0 saturated carbocycles. The lowest BCUT2D eigenvalue weighted by atomic mass is 9.94. The van der Waals surface area contributed by atoms with Crippen molar-refractivity contribution >= 4 is 15.5 Å². The van der Waals surface area contributed by atoms with Crippen LogP contribution in [0.15, 0.2) is 23.1 Å². The Morgan fingerprint density at radius 2 is 1.88 bits per heavy atom. The third kappa shape index (κ3) is 4.00. The summed E-state index contributed by atoms with van der Waals surface area (Å²) < 4.78 is 37.4. The second kappa shape index (κ2) is 4.64. The van der Waals surface area contributed by atoms with Gasteiger partial charge in [-0.15, -0.1) is 0 Å². The molecule has 17 heavy (non-hydrogen) atoms. The van der Waals surface area contributed by atoms with Gasteiger partial charge in [0, 0.05) is 5.69 Å². The molecule has 0 aliphatic heterocycles. The van der Waals surface area contributed by atoms with E-state index in [-0.39, 0.29) is 21.8 Å². The number of hydrogen-bond acceptors (Lipinski definition) is 3. The third-order valence-electron chi connectivity index (χ3n) is 2.41. The zero-order valence-corrected chi connectivity index (χ0v) is 11.1. The van der Waals surface area contributed by atoms with Crippen LogP contribution in [0.25, 0.3) is 0 Å². The van der Waals surface area contributed by atoms with Crippen molar-refractivity contribution in [1.29, 1.82) is 0 Å². The molecule has 1 aromatic carbocycles. The Labute approximate surface area is 102 Å². The summed E-state index contributed by atoms with van der Waals surface area (Å²) in [7, 11) is -3.57. The maximum absolute atomic E-state index is 13.5. The predicted octanol–water partition coefficient (Wildman–Crippen LogP) is 2.62. The summed E-state index contributed by atoms with van der Waals surface area (Å²) in [4.78, 5) is -0.268. The van der Waals surface area contributed by atoms with Crippen molar-refractivity contribution < 1.29 is 12.8 Å². The van der Waals surface area contributed by atoms with E-state index in [0.717, 1.165) is 6.07 Å². The minimum atomic E-state index is -3.57. The summed E-state index contributed by atoms with van der Waals surface area (Å²) >= 11 is 0. The van der Waals surface area contributed by atoms with Crippen LogP contribution in [0.2, 0.25) is 0 Å². The first kappa shape index (κ1) is 14.0. The van der Waals surface area contributed by atoms with E-state index >= 15 is 0 Å². The summed E-state index contributed by atoms with van der Waals surface area (Å²) in [5.74, 6) is -0.837. The summed E-state index contributed by atoms with van der Waals surface area (Å²) in [5, 5.41) is 0. The monoisotopic (exact) mass is 259 g/mol. The number of hydrogen-bond donors (Lipinski definition) is 1. The van der Waals surface area contributed by atoms with Crippen molar-refractivity contribution in [3.8, 4) is 0 Å². The van der Waals surface area contributed by atoms with Gasteiger partial charge < -0.3 is 5.73 Å². The SMILES string of the molecule is CC(C)(C)CCS(=O)(=O)c1ccc(N)cc1F. The Morgan fingerprint density at radius 1 is 1.29 bits per heavy atom. The van der Waals surface area contributed by atoms with Gasteiger partial charge in [-0.05, 0) is 30.0 Å². The lowest BCUT2D eigenvalue weighted by Gasteiger charge is -2.17. The van der Waals surface area contributed by atoms with E-state index in [1.807, 2.05) is 20.8 Å². The Hall–Kier alpha value is -1.10. The fourth-order valence-electron chi connectivity index (χ4n) is 1.32. The molecule has 0 spiro atoms. The number of sulfone groups is 1. The lowest BCUT2D eigenvalue weighted by molar-refractivity contribution is 0.397. The average Bonchev–Trinajstić information content (AvgIpc) is 2.13. The molecule has 3 nitrogen and oxygen atoms in total. The van der Waals surface area contributed by atoms with Crippen LogP contribution >= 0.6 is 0 Å². The quantitative estimate of drug-likeness (QED) is 0.849. The predicted molar refractivity (Wildman–Crippen MR) is 66.9 cm³/mol. The van der Waals surface area contributed by atoms with Gasteiger partial charge in [-0.2, -0.15) is 0 Å². The highest BCUT2D eigenvalue weighted by atomic mass is 32.2. The highest BCUT2D eigenvalue weighted by Gasteiger charge is 2.22. The molecule has 2 N–H and O–H groups in total. The summed E-state index contributed by atoms with van der Waals surface area (Å²) in [5.41, 5.74) is 5.50. The molecule has 0 bridgehead atoms. The van der Waals surface area contributed by atoms with Gasteiger partial charge in [0.05, 0.1) is 5.75 Å². The molecule has 0 aliphatic rings. The van der Waals surface area contributed by atoms with Crippen LogP contribution in [-0.2, 0) is 9.84 Å². The third-order valence-corrected chi connectivity index (χ3v) is 4.15. The molecule has 0 saturated heterocycles. The van der Waals surface area contributed by atoms with Crippen molar-refractivity contribution in [1.82, 2.24) is 0 Å². The Morgan fingerprint density at radius 3 is 2.35 bits per heavy atom. The first-order valence-electron chi connectivity index (χ1n) is 5.40. The van der Waals surface area contributed by atoms with Gasteiger partial charge in [0.25, 0.3) is 0 Å². The van der Waals surface area contributed by atoms with E-state index in [4.69, 9.17) is 5.73 Å². The zero-order valence-electron chi connectivity index (χ0n) is 10.3. The van der Waals surface area contributed by atoms with Crippen molar-refractivity contribution in [2.75, 3.05) is 11.5 Å². The second-order valence-electron chi connectivity index (χ2n) is 5.32. The molecule has 0 fully saturated rings. The molecule has 5 heteroatoms. The van der Waals surface area contributed by atoms with Crippen LogP contribution in [0.5, 0.6) is 0 Å². The van der Waals surface area contributed by atoms with Crippen molar-refractivity contribution in [3.05, 3.63) is 24.0 Å². The summed E-state index contributed by atoms with van der Waals surface area (Å²) in [6, 6.07) is 3.65. The molecule has 0 amide bonds. The van der Waals surface area contributed by atoms with E-state index in [1.165, 1.54) is 12.1 Å². The van der Waals surface area contributed by atoms with E-state index in [1.54, 1.807) is 0 Å². The molecule has 1 aromatic rings. The zero-order chi connectivity index (χ0) is 13.3. The Kier molecular flexibility index (Phi) is 3.81. The smallest absolute Gasteiger partial charge is 0.181 e. The van der Waals surface area contributed by atoms with Crippen LogP contribution in [0.4, 0.5) is 10.1 Å². The van der Waals surface area contributed by atoms with Crippen LogP contribution in [0.1, 0.15) is 27.2 Å². The van der Waals surface area contributed by atoms with E-state index in [2.05, 4.69) is 0 Å². The molecule has 0 atom stereocenters. The number of nitrogens with two attached hydrogens (primary N) is 1. The van der Waals surface area contributed by atoms with Gasteiger partial charge in [0.1, 0.15) is 10.7 Å². The van der Waals surface area contributed by atoms with Crippen molar-refractivity contribution in [2.45, 2.75) is 32.1 Å². The van der Waals surface area contributed by atoms with Gasteiger partial charge in [-0.25, -0.2) is 12.8 Å². The largest absolute Gasteiger partial charge is 0.399 e. The van der Waals surface area contributed by atoms with Crippen LogP contribution in [0, 0.1) is 11.2 Å². The molecule has 96 valence electrons.